The van der Waals surface area contributed by atoms with Gasteiger partial charge in [-0.25, -0.2) is 4.98 Å². The second-order valence-electron chi connectivity index (χ2n) is 5.94. The van der Waals surface area contributed by atoms with Gasteiger partial charge in [-0.3, -0.25) is 4.79 Å². The number of halogens is 1. The van der Waals surface area contributed by atoms with Crippen LogP contribution in [0.1, 0.15) is 30.8 Å². The Morgan fingerprint density at radius 1 is 1.39 bits per heavy atom. The summed E-state index contributed by atoms with van der Waals surface area (Å²) in [7, 11) is 0. The van der Waals surface area contributed by atoms with E-state index in [0.29, 0.717) is 6.54 Å². The van der Waals surface area contributed by atoms with Gasteiger partial charge < -0.3 is 10.6 Å². The lowest BCUT2D eigenvalue weighted by molar-refractivity contribution is -0.120. The van der Waals surface area contributed by atoms with E-state index in [-0.39, 0.29) is 11.9 Å². The predicted molar refractivity (Wildman–Crippen MR) is 97.4 cm³/mol. The van der Waals surface area contributed by atoms with Crippen molar-refractivity contribution < 1.29 is 4.79 Å². The lowest BCUT2D eigenvalue weighted by Crippen LogP contribution is -2.36. The quantitative estimate of drug-likeness (QED) is 0.752. The molecule has 3 rings (SSSR count). The van der Waals surface area contributed by atoms with Crippen molar-refractivity contribution in [3.05, 3.63) is 39.1 Å². The molecular weight excluding hydrogens is 374 g/mol. The maximum atomic E-state index is 11.9. The number of amides is 1. The average Bonchev–Trinajstić information content (AvgIpc) is 3.21. The maximum Gasteiger partial charge on any atom is 0.234 e. The summed E-state index contributed by atoms with van der Waals surface area (Å²) in [5.41, 5.74) is 2.03. The van der Waals surface area contributed by atoms with Crippen molar-refractivity contribution in [1.82, 2.24) is 15.6 Å². The number of thiazole rings is 1. The van der Waals surface area contributed by atoms with Gasteiger partial charge in [-0.2, -0.15) is 0 Å². The molecule has 1 amide bonds. The molecule has 0 radical (unpaired) electrons. The highest BCUT2D eigenvalue weighted by Gasteiger charge is 2.21. The number of nitrogens with zero attached hydrogens (tertiary/aromatic N) is 1. The first-order valence-corrected chi connectivity index (χ1v) is 9.50. The summed E-state index contributed by atoms with van der Waals surface area (Å²) in [5.74, 6) is 0.811. The number of benzene rings is 1. The molecule has 2 N–H and O–H groups in total. The van der Waals surface area contributed by atoms with Gasteiger partial charge in [0.2, 0.25) is 5.91 Å². The second-order valence-corrected chi connectivity index (χ2v) is 7.75. The molecule has 1 aromatic carbocycles. The highest BCUT2D eigenvalue weighted by Crippen LogP contribution is 2.28. The Morgan fingerprint density at radius 2 is 2.13 bits per heavy atom. The summed E-state index contributed by atoms with van der Waals surface area (Å²) < 4.78 is 1.05. The zero-order chi connectivity index (χ0) is 16.2. The molecule has 1 aliphatic carbocycles. The Bertz CT molecular complexity index is 667. The minimum Gasteiger partial charge on any atom is -0.346 e. The molecular formula is C17H20BrN3OS. The number of hydrogen-bond acceptors (Lipinski definition) is 4. The van der Waals surface area contributed by atoms with Crippen LogP contribution in [0, 0.1) is 5.92 Å². The Labute approximate surface area is 148 Å². The molecule has 1 unspecified atom stereocenters. The van der Waals surface area contributed by atoms with Crippen molar-refractivity contribution in [3.63, 3.8) is 0 Å². The van der Waals surface area contributed by atoms with E-state index in [1.165, 1.54) is 12.8 Å². The molecule has 23 heavy (non-hydrogen) atoms. The molecule has 0 spiro atoms. The number of nitrogens with one attached hydrogen (secondary N) is 2. The fourth-order valence-electron chi connectivity index (χ4n) is 2.31. The zero-order valence-electron chi connectivity index (χ0n) is 13.0. The van der Waals surface area contributed by atoms with Crippen LogP contribution in [-0.2, 0) is 4.79 Å². The van der Waals surface area contributed by atoms with Crippen molar-refractivity contribution in [1.29, 1.82) is 0 Å². The molecule has 6 heteroatoms. The largest absolute Gasteiger partial charge is 0.346 e. The van der Waals surface area contributed by atoms with Gasteiger partial charge >= 0.3 is 0 Å². The van der Waals surface area contributed by atoms with E-state index < -0.39 is 0 Å². The highest BCUT2D eigenvalue weighted by molar-refractivity contribution is 9.10. The van der Waals surface area contributed by atoms with E-state index >= 15 is 0 Å². The zero-order valence-corrected chi connectivity index (χ0v) is 15.4. The monoisotopic (exact) mass is 393 g/mol. The summed E-state index contributed by atoms with van der Waals surface area (Å²) in [6.07, 6.45) is 2.59. The number of aromatic nitrogens is 1. The molecule has 0 aliphatic heterocycles. The molecule has 1 fully saturated rings. The van der Waals surface area contributed by atoms with E-state index in [1.807, 2.05) is 36.6 Å². The summed E-state index contributed by atoms with van der Waals surface area (Å²) in [6.45, 7) is 3.31. The van der Waals surface area contributed by atoms with Gasteiger partial charge in [0.1, 0.15) is 5.01 Å². The van der Waals surface area contributed by atoms with Crippen LogP contribution in [0.25, 0.3) is 11.3 Å². The molecule has 1 aromatic heterocycles. The fraction of sp³-hybridized carbons (Fsp3) is 0.412. The van der Waals surface area contributed by atoms with Crippen LogP contribution in [0.4, 0.5) is 0 Å². The van der Waals surface area contributed by atoms with Crippen molar-refractivity contribution in [2.75, 3.05) is 13.1 Å². The summed E-state index contributed by atoms with van der Waals surface area (Å²) >= 11 is 5.02. The number of carbonyl (C=O) groups excluding carboxylic acids is 1. The highest BCUT2D eigenvalue weighted by atomic mass is 79.9. The predicted octanol–water partition coefficient (Wildman–Crippen LogP) is 3.75. The van der Waals surface area contributed by atoms with Crippen molar-refractivity contribution in [2.45, 2.75) is 25.8 Å². The number of rotatable bonds is 7. The third kappa shape index (κ3) is 4.86. The normalized spacial score (nSPS) is 15.4. The van der Waals surface area contributed by atoms with Crippen LogP contribution < -0.4 is 10.6 Å². The van der Waals surface area contributed by atoms with Gasteiger partial charge in [-0.1, -0.05) is 28.1 Å². The number of carbonyl (C=O) groups is 1. The van der Waals surface area contributed by atoms with Crippen LogP contribution in [0.2, 0.25) is 0 Å². The van der Waals surface area contributed by atoms with E-state index in [9.17, 15) is 4.79 Å². The van der Waals surface area contributed by atoms with Gasteiger partial charge in [0.05, 0.1) is 18.3 Å². The van der Waals surface area contributed by atoms with Crippen LogP contribution in [-0.4, -0.2) is 24.0 Å². The molecule has 4 nitrogen and oxygen atoms in total. The Hall–Kier alpha value is -1.24. The molecule has 1 heterocycles. The summed E-state index contributed by atoms with van der Waals surface area (Å²) in [4.78, 5) is 16.6. The lowest BCUT2D eigenvalue weighted by atomic mass is 10.2. The molecule has 122 valence electrons. The van der Waals surface area contributed by atoms with E-state index in [4.69, 9.17) is 0 Å². The SMILES string of the molecule is CC(NC(=O)CNCC1CC1)c1nc(-c2ccc(Br)cc2)cs1. The topological polar surface area (TPSA) is 54.0 Å². The number of hydrogen-bond donors (Lipinski definition) is 2. The van der Waals surface area contributed by atoms with Crippen LogP contribution in [0.5, 0.6) is 0 Å². The fourth-order valence-corrected chi connectivity index (χ4v) is 3.41. The smallest absolute Gasteiger partial charge is 0.234 e. The summed E-state index contributed by atoms with van der Waals surface area (Å²) in [6, 6.07) is 8.01. The van der Waals surface area contributed by atoms with Gasteiger partial charge in [-0.05, 0) is 44.4 Å². The standard InChI is InChI=1S/C17H20BrN3OS/c1-11(20-16(22)9-19-8-12-2-3-12)17-21-15(10-23-17)13-4-6-14(18)7-5-13/h4-7,10-12,19H,2-3,8-9H2,1H3,(H,20,22). The minimum atomic E-state index is -0.0700. The molecule has 0 bridgehead atoms. The minimum absolute atomic E-state index is 0.0264. The van der Waals surface area contributed by atoms with Crippen molar-refractivity contribution in [2.24, 2.45) is 5.92 Å². The third-order valence-electron chi connectivity index (χ3n) is 3.83. The molecule has 1 atom stereocenters. The van der Waals surface area contributed by atoms with Gasteiger partial charge in [-0.15, -0.1) is 11.3 Å². The molecule has 1 aliphatic rings. The van der Waals surface area contributed by atoms with E-state index in [0.717, 1.165) is 33.2 Å². The first kappa shape index (κ1) is 16.6. The Balaban J connectivity index is 1.53. The summed E-state index contributed by atoms with van der Waals surface area (Å²) in [5, 5.41) is 9.17. The van der Waals surface area contributed by atoms with Crippen molar-refractivity contribution >= 4 is 33.2 Å². The lowest BCUT2D eigenvalue weighted by Gasteiger charge is -2.11. The van der Waals surface area contributed by atoms with Crippen LogP contribution >= 0.6 is 27.3 Å². The molecule has 1 saturated carbocycles. The van der Waals surface area contributed by atoms with Gasteiger partial charge in [0, 0.05) is 15.4 Å². The first-order valence-electron chi connectivity index (χ1n) is 7.83. The van der Waals surface area contributed by atoms with E-state index in [1.54, 1.807) is 11.3 Å². The van der Waals surface area contributed by atoms with Crippen LogP contribution in [0.3, 0.4) is 0 Å². The van der Waals surface area contributed by atoms with Gasteiger partial charge in [0.15, 0.2) is 0 Å². The molecule has 0 saturated heterocycles. The van der Waals surface area contributed by atoms with Gasteiger partial charge in [0.25, 0.3) is 0 Å². The molecule has 2 aromatic rings. The van der Waals surface area contributed by atoms with E-state index in [2.05, 4.69) is 31.5 Å². The third-order valence-corrected chi connectivity index (χ3v) is 5.38. The Kier molecular flexibility index (Phi) is 5.46. The Morgan fingerprint density at radius 3 is 2.83 bits per heavy atom. The maximum absolute atomic E-state index is 11.9. The van der Waals surface area contributed by atoms with Crippen molar-refractivity contribution in [3.8, 4) is 11.3 Å². The average molecular weight is 394 g/mol. The van der Waals surface area contributed by atoms with Crippen LogP contribution in [0.15, 0.2) is 34.1 Å². The second kappa shape index (κ2) is 7.55. The first-order chi connectivity index (χ1) is 11.1.